The number of hydrogen-bond donors (Lipinski definition) is 0. The van der Waals surface area contributed by atoms with Gasteiger partial charge in [-0.1, -0.05) is 55.4 Å². The first-order chi connectivity index (χ1) is 12.0. The molecule has 0 aromatic carbocycles. The van der Waals surface area contributed by atoms with Gasteiger partial charge in [0.1, 0.15) is 0 Å². The Labute approximate surface area is 159 Å². The Morgan fingerprint density at radius 3 is 1.58 bits per heavy atom. The summed E-state index contributed by atoms with van der Waals surface area (Å²) in [6.45, 7) is 16.2. The van der Waals surface area contributed by atoms with Crippen LogP contribution in [0, 0.1) is 46.3 Å². The molecule has 0 aliphatic heterocycles. The summed E-state index contributed by atoms with van der Waals surface area (Å²) in [5.74, 6) is -1.63. The fourth-order valence-electron chi connectivity index (χ4n) is 3.18. The van der Waals surface area contributed by atoms with Gasteiger partial charge >= 0.3 is 11.9 Å². The summed E-state index contributed by atoms with van der Waals surface area (Å²) >= 11 is 0. The summed E-state index contributed by atoms with van der Waals surface area (Å²) in [5.41, 5.74) is -1.18. The van der Waals surface area contributed by atoms with Crippen molar-refractivity contribution in [2.45, 2.75) is 68.2 Å². The van der Waals surface area contributed by atoms with Crippen molar-refractivity contribution in [3.05, 3.63) is 0 Å². The minimum atomic E-state index is -1.18. The van der Waals surface area contributed by atoms with Crippen LogP contribution in [0.4, 0.5) is 0 Å². The van der Waals surface area contributed by atoms with Crippen molar-refractivity contribution in [2.75, 3.05) is 13.2 Å². The van der Waals surface area contributed by atoms with Gasteiger partial charge in [-0.05, 0) is 36.5 Å². The van der Waals surface area contributed by atoms with Crippen LogP contribution in [0.15, 0.2) is 0 Å². The van der Waals surface area contributed by atoms with Crippen molar-refractivity contribution in [1.29, 1.82) is 5.26 Å². The molecule has 0 heterocycles. The molecule has 0 aliphatic carbocycles. The number of rotatable bonds is 11. The largest absolute Gasteiger partial charge is 0.465 e. The van der Waals surface area contributed by atoms with Gasteiger partial charge in [-0.25, -0.2) is 0 Å². The van der Waals surface area contributed by atoms with E-state index in [9.17, 15) is 14.9 Å². The maximum atomic E-state index is 13.1. The SMILES string of the molecule is CC(C)COC(=O)C(C#N)C(CC(C)C)(CC(C)C)C(=O)OCC(C)C. The molecule has 150 valence electrons. The predicted octanol–water partition coefficient (Wildman–Crippen LogP) is 4.60. The quantitative estimate of drug-likeness (QED) is 0.499. The van der Waals surface area contributed by atoms with E-state index in [1.165, 1.54) is 0 Å². The monoisotopic (exact) mass is 367 g/mol. The van der Waals surface area contributed by atoms with Crippen LogP contribution in [0.2, 0.25) is 0 Å². The van der Waals surface area contributed by atoms with Gasteiger partial charge in [0.05, 0.1) is 24.7 Å². The van der Waals surface area contributed by atoms with E-state index in [2.05, 4.69) is 6.07 Å². The lowest BCUT2D eigenvalue weighted by atomic mass is 9.66. The number of ether oxygens (including phenoxy) is 2. The highest BCUT2D eigenvalue weighted by Gasteiger charge is 2.52. The summed E-state index contributed by atoms with van der Waals surface area (Å²) in [6.07, 6.45) is 0.828. The summed E-state index contributed by atoms with van der Waals surface area (Å²) < 4.78 is 10.9. The zero-order valence-electron chi connectivity index (χ0n) is 17.8. The van der Waals surface area contributed by atoms with E-state index in [1.54, 1.807) is 0 Å². The van der Waals surface area contributed by atoms with Crippen LogP contribution < -0.4 is 0 Å². The van der Waals surface area contributed by atoms with Crippen LogP contribution in [0.3, 0.4) is 0 Å². The van der Waals surface area contributed by atoms with Gasteiger partial charge < -0.3 is 9.47 Å². The van der Waals surface area contributed by atoms with Crippen molar-refractivity contribution in [1.82, 2.24) is 0 Å². The number of esters is 2. The van der Waals surface area contributed by atoms with Gasteiger partial charge in [0, 0.05) is 0 Å². The van der Waals surface area contributed by atoms with E-state index < -0.39 is 23.3 Å². The lowest BCUT2D eigenvalue weighted by molar-refractivity contribution is -0.171. The molecule has 5 nitrogen and oxygen atoms in total. The Morgan fingerprint density at radius 2 is 1.23 bits per heavy atom. The first-order valence-electron chi connectivity index (χ1n) is 9.69. The van der Waals surface area contributed by atoms with Crippen LogP contribution in [-0.2, 0) is 19.1 Å². The van der Waals surface area contributed by atoms with E-state index in [-0.39, 0.29) is 36.9 Å². The Morgan fingerprint density at radius 1 is 0.808 bits per heavy atom. The van der Waals surface area contributed by atoms with Crippen molar-refractivity contribution in [3.63, 3.8) is 0 Å². The van der Waals surface area contributed by atoms with Crippen LogP contribution >= 0.6 is 0 Å². The Hall–Kier alpha value is -1.57. The first kappa shape index (κ1) is 24.4. The van der Waals surface area contributed by atoms with Crippen molar-refractivity contribution in [3.8, 4) is 6.07 Å². The maximum Gasteiger partial charge on any atom is 0.324 e. The molecule has 0 fully saturated rings. The number of hydrogen-bond acceptors (Lipinski definition) is 5. The minimum Gasteiger partial charge on any atom is -0.465 e. The van der Waals surface area contributed by atoms with Gasteiger partial charge in [-0.3, -0.25) is 9.59 Å². The van der Waals surface area contributed by atoms with E-state index >= 15 is 0 Å². The Balaban J connectivity index is 5.90. The smallest absolute Gasteiger partial charge is 0.324 e. The molecule has 26 heavy (non-hydrogen) atoms. The fourth-order valence-corrected chi connectivity index (χ4v) is 3.18. The lowest BCUT2D eigenvalue weighted by Gasteiger charge is -2.37. The van der Waals surface area contributed by atoms with Crippen LogP contribution in [0.25, 0.3) is 0 Å². The molecule has 1 atom stereocenters. The third-order valence-electron chi connectivity index (χ3n) is 3.98. The molecule has 5 heteroatoms. The van der Waals surface area contributed by atoms with E-state index in [4.69, 9.17) is 9.47 Å². The van der Waals surface area contributed by atoms with E-state index in [0.717, 1.165) is 0 Å². The zero-order chi connectivity index (χ0) is 20.5. The molecule has 1 unspecified atom stereocenters. The molecule has 0 rings (SSSR count). The standard InChI is InChI=1S/C21H37NO4/c1-14(2)9-21(10-15(3)4,20(24)26-13-17(7)8)18(11-22)19(23)25-12-16(5)6/h14-18H,9-10,12-13H2,1-8H3. The predicted molar refractivity (Wildman–Crippen MR) is 102 cm³/mol. The Bertz CT molecular complexity index is 479. The van der Waals surface area contributed by atoms with E-state index in [0.29, 0.717) is 12.8 Å². The normalized spacial score (nSPS) is 13.2. The van der Waals surface area contributed by atoms with Gasteiger partial charge in [-0.15, -0.1) is 0 Å². The van der Waals surface area contributed by atoms with Gasteiger partial charge in [0.15, 0.2) is 5.92 Å². The molecular formula is C21H37NO4. The number of carbonyl (C=O) groups is 2. The molecule has 0 amide bonds. The third kappa shape index (κ3) is 7.76. The maximum absolute atomic E-state index is 13.1. The topological polar surface area (TPSA) is 76.4 Å². The summed E-state index contributed by atoms with van der Waals surface area (Å²) in [4.78, 5) is 25.8. The molecule has 0 spiro atoms. The van der Waals surface area contributed by atoms with Crippen LogP contribution in [0.1, 0.15) is 68.2 Å². The molecule has 0 N–H and O–H groups in total. The van der Waals surface area contributed by atoms with Crippen molar-refractivity contribution < 1.29 is 19.1 Å². The number of nitriles is 1. The lowest BCUT2D eigenvalue weighted by Crippen LogP contribution is -2.46. The van der Waals surface area contributed by atoms with E-state index in [1.807, 2.05) is 55.4 Å². The average molecular weight is 368 g/mol. The minimum absolute atomic E-state index is 0.133. The number of carbonyl (C=O) groups excluding carboxylic acids is 2. The number of nitrogens with zero attached hydrogens (tertiary/aromatic N) is 1. The third-order valence-corrected chi connectivity index (χ3v) is 3.98. The first-order valence-corrected chi connectivity index (χ1v) is 9.69. The fraction of sp³-hybridized carbons (Fsp3) is 0.857. The molecule has 0 aliphatic rings. The molecule has 0 bridgehead atoms. The second kappa shape index (κ2) is 11.2. The summed E-state index contributed by atoms with van der Waals surface area (Å²) in [6, 6.07) is 2.07. The molecule has 0 aromatic rings. The molecule has 0 radical (unpaired) electrons. The van der Waals surface area contributed by atoms with Gasteiger partial charge in [0.2, 0.25) is 0 Å². The summed E-state index contributed by atoms with van der Waals surface area (Å²) in [7, 11) is 0. The molecule has 0 saturated heterocycles. The second-order valence-electron chi connectivity index (χ2n) is 8.93. The van der Waals surface area contributed by atoms with Crippen LogP contribution in [-0.4, -0.2) is 25.2 Å². The average Bonchev–Trinajstić information content (AvgIpc) is 2.49. The van der Waals surface area contributed by atoms with Gasteiger partial charge in [-0.2, -0.15) is 5.26 Å². The second-order valence-corrected chi connectivity index (χ2v) is 8.93. The van der Waals surface area contributed by atoms with Gasteiger partial charge in [0.25, 0.3) is 0 Å². The molecule has 0 aromatic heterocycles. The van der Waals surface area contributed by atoms with Crippen molar-refractivity contribution in [2.24, 2.45) is 35.0 Å². The highest BCUT2D eigenvalue weighted by atomic mass is 16.5. The van der Waals surface area contributed by atoms with Crippen molar-refractivity contribution >= 4 is 11.9 Å². The highest BCUT2D eigenvalue weighted by molar-refractivity contribution is 5.87. The Kier molecular flexibility index (Phi) is 10.5. The summed E-state index contributed by atoms with van der Waals surface area (Å²) in [5, 5.41) is 9.79. The zero-order valence-corrected chi connectivity index (χ0v) is 17.8. The molecule has 0 saturated carbocycles. The highest BCUT2D eigenvalue weighted by Crippen LogP contribution is 2.43. The molecular weight excluding hydrogens is 330 g/mol. The van der Waals surface area contributed by atoms with Crippen LogP contribution in [0.5, 0.6) is 0 Å².